The maximum absolute atomic E-state index is 12.8. The monoisotopic (exact) mass is 284 g/mol. The zero-order valence-electron chi connectivity index (χ0n) is 12.7. The minimum atomic E-state index is 0.253. The number of nitrogens with zero attached hydrogens (tertiary/aromatic N) is 1. The molecule has 3 nitrogen and oxygen atoms in total. The molecule has 0 radical (unpaired) electrons. The van der Waals surface area contributed by atoms with Gasteiger partial charge in [0.25, 0.3) is 0 Å². The number of hydrogen-bond acceptors (Lipinski definition) is 2. The van der Waals surface area contributed by atoms with Crippen molar-refractivity contribution in [1.82, 2.24) is 4.98 Å². The number of carbonyl (C=O) groups excluding carboxylic acids is 1. The maximum Gasteiger partial charge on any atom is 0.228 e. The summed E-state index contributed by atoms with van der Waals surface area (Å²) in [5, 5.41) is 3.19. The van der Waals surface area contributed by atoms with Gasteiger partial charge in [0.1, 0.15) is 0 Å². The van der Waals surface area contributed by atoms with E-state index in [4.69, 9.17) is 0 Å². The molecular formula is C18H24N2O. The van der Waals surface area contributed by atoms with Crippen molar-refractivity contribution in [2.45, 2.75) is 45.4 Å². The molecule has 0 aliphatic heterocycles. The molecule has 4 bridgehead atoms. The Labute approximate surface area is 126 Å². The highest BCUT2D eigenvalue weighted by Crippen LogP contribution is 2.56. The fourth-order valence-electron chi connectivity index (χ4n) is 5.41. The Balaban J connectivity index is 1.53. The summed E-state index contributed by atoms with van der Waals surface area (Å²) in [4.78, 5) is 17.0. The normalized spacial score (nSPS) is 36.7. The second kappa shape index (κ2) is 5.11. The van der Waals surface area contributed by atoms with Gasteiger partial charge in [-0.05, 0) is 73.8 Å². The number of rotatable bonds is 3. The number of aryl methyl sites for hydroxylation is 1. The van der Waals surface area contributed by atoms with E-state index in [-0.39, 0.29) is 11.8 Å². The first-order valence-electron chi connectivity index (χ1n) is 8.48. The van der Waals surface area contributed by atoms with Crippen LogP contribution in [0.15, 0.2) is 18.5 Å². The Morgan fingerprint density at radius 3 is 2.48 bits per heavy atom. The first-order valence-corrected chi connectivity index (χ1v) is 8.48. The molecule has 0 saturated heterocycles. The minimum Gasteiger partial charge on any atom is -0.324 e. The molecule has 5 rings (SSSR count). The Morgan fingerprint density at radius 2 is 1.86 bits per heavy atom. The highest BCUT2D eigenvalue weighted by atomic mass is 16.1. The fraction of sp³-hybridized carbons (Fsp3) is 0.667. The van der Waals surface area contributed by atoms with E-state index in [2.05, 4.69) is 17.2 Å². The van der Waals surface area contributed by atoms with E-state index in [0.717, 1.165) is 23.9 Å². The van der Waals surface area contributed by atoms with Crippen LogP contribution in [0.1, 0.15) is 44.6 Å². The van der Waals surface area contributed by atoms with Crippen molar-refractivity contribution in [3.8, 4) is 0 Å². The summed E-state index contributed by atoms with van der Waals surface area (Å²) in [7, 11) is 0. The van der Waals surface area contributed by atoms with Crippen LogP contribution in [0.25, 0.3) is 0 Å². The lowest BCUT2D eigenvalue weighted by molar-refractivity contribution is -0.132. The summed E-state index contributed by atoms with van der Waals surface area (Å²) in [6.45, 7) is 2.12. The zero-order chi connectivity index (χ0) is 14.4. The predicted octanol–water partition coefficient (Wildman–Crippen LogP) is 3.65. The molecule has 1 aromatic heterocycles. The second-order valence-electron chi connectivity index (χ2n) is 7.33. The third-order valence-electron chi connectivity index (χ3n) is 6.08. The highest BCUT2D eigenvalue weighted by molar-refractivity contribution is 5.93. The summed E-state index contributed by atoms with van der Waals surface area (Å²) in [5.41, 5.74) is 2.10. The molecule has 0 unspecified atom stereocenters. The van der Waals surface area contributed by atoms with Crippen LogP contribution in [0.5, 0.6) is 0 Å². The predicted molar refractivity (Wildman–Crippen MR) is 82.8 cm³/mol. The van der Waals surface area contributed by atoms with Gasteiger partial charge in [-0.3, -0.25) is 9.78 Å². The van der Waals surface area contributed by atoms with Gasteiger partial charge in [-0.1, -0.05) is 6.92 Å². The fourth-order valence-corrected chi connectivity index (χ4v) is 5.41. The van der Waals surface area contributed by atoms with Crippen LogP contribution in [0.3, 0.4) is 0 Å². The molecule has 4 saturated carbocycles. The molecule has 21 heavy (non-hydrogen) atoms. The molecule has 112 valence electrons. The summed E-state index contributed by atoms with van der Waals surface area (Å²) < 4.78 is 0. The Bertz CT molecular complexity index is 526. The summed E-state index contributed by atoms with van der Waals surface area (Å²) >= 11 is 0. The van der Waals surface area contributed by atoms with Crippen LogP contribution in [0.4, 0.5) is 5.69 Å². The minimum absolute atomic E-state index is 0.253. The largest absolute Gasteiger partial charge is 0.324 e. The van der Waals surface area contributed by atoms with Gasteiger partial charge in [0.15, 0.2) is 0 Å². The smallest absolute Gasteiger partial charge is 0.228 e. The summed E-state index contributed by atoms with van der Waals surface area (Å²) in [5.74, 6) is 3.63. The van der Waals surface area contributed by atoms with Crippen LogP contribution < -0.4 is 5.32 Å². The first kappa shape index (κ1) is 13.3. The number of anilines is 1. The van der Waals surface area contributed by atoms with Crippen molar-refractivity contribution in [3.05, 3.63) is 24.0 Å². The topological polar surface area (TPSA) is 42.0 Å². The lowest BCUT2D eigenvalue weighted by Gasteiger charge is -2.53. The van der Waals surface area contributed by atoms with Crippen molar-refractivity contribution in [3.63, 3.8) is 0 Å². The second-order valence-corrected chi connectivity index (χ2v) is 7.33. The van der Waals surface area contributed by atoms with Gasteiger partial charge in [0, 0.05) is 12.1 Å². The molecule has 0 aromatic carbocycles. The van der Waals surface area contributed by atoms with Gasteiger partial charge in [0.05, 0.1) is 11.9 Å². The molecule has 0 spiro atoms. The average Bonchev–Trinajstić information content (AvgIpc) is 2.46. The van der Waals surface area contributed by atoms with Crippen molar-refractivity contribution in [2.24, 2.45) is 29.6 Å². The molecule has 4 fully saturated rings. The Morgan fingerprint density at radius 1 is 1.19 bits per heavy atom. The van der Waals surface area contributed by atoms with E-state index in [0.29, 0.717) is 11.8 Å². The van der Waals surface area contributed by atoms with Gasteiger partial charge in [-0.25, -0.2) is 0 Å². The first-order chi connectivity index (χ1) is 10.2. The van der Waals surface area contributed by atoms with Crippen LogP contribution in [0.2, 0.25) is 0 Å². The van der Waals surface area contributed by atoms with E-state index in [1.165, 1.54) is 37.7 Å². The van der Waals surface area contributed by atoms with Gasteiger partial charge in [-0.15, -0.1) is 0 Å². The van der Waals surface area contributed by atoms with Crippen molar-refractivity contribution >= 4 is 11.6 Å². The maximum atomic E-state index is 12.8. The van der Waals surface area contributed by atoms with E-state index in [1.807, 2.05) is 6.07 Å². The van der Waals surface area contributed by atoms with E-state index >= 15 is 0 Å². The third-order valence-corrected chi connectivity index (χ3v) is 6.08. The number of hydrogen-bond donors (Lipinski definition) is 1. The molecule has 3 heteroatoms. The number of carbonyl (C=O) groups is 1. The standard InChI is InChI=1S/C18H24N2O/c1-2-13-3-4-19-10-16(13)20-18(21)17-14-6-11-5-12(8-14)9-15(17)7-11/h3-4,10-12,14-15,17H,2,5-9H2,1H3,(H,20,21). The van der Waals surface area contributed by atoms with Gasteiger partial charge >= 0.3 is 0 Å². The van der Waals surface area contributed by atoms with Crippen molar-refractivity contribution in [1.29, 1.82) is 0 Å². The lowest BCUT2D eigenvalue weighted by Crippen LogP contribution is -2.49. The van der Waals surface area contributed by atoms with Crippen LogP contribution >= 0.6 is 0 Å². The van der Waals surface area contributed by atoms with Gasteiger partial charge in [-0.2, -0.15) is 0 Å². The molecule has 1 N–H and O–H groups in total. The number of amides is 1. The van der Waals surface area contributed by atoms with Crippen LogP contribution in [-0.4, -0.2) is 10.9 Å². The zero-order valence-corrected chi connectivity index (χ0v) is 12.7. The molecule has 4 aliphatic carbocycles. The van der Waals surface area contributed by atoms with E-state index in [9.17, 15) is 4.79 Å². The molecule has 1 aromatic rings. The Kier molecular flexibility index (Phi) is 3.24. The van der Waals surface area contributed by atoms with Crippen molar-refractivity contribution in [2.75, 3.05) is 5.32 Å². The number of nitrogens with one attached hydrogen (secondary N) is 1. The lowest BCUT2D eigenvalue weighted by atomic mass is 9.51. The van der Waals surface area contributed by atoms with E-state index < -0.39 is 0 Å². The quantitative estimate of drug-likeness (QED) is 0.920. The number of aromatic nitrogens is 1. The molecule has 1 heterocycles. The summed E-state index contributed by atoms with van der Waals surface area (Å²) in [6, 6.07) is 2.01. The van der Waals surface area contributed by atoms with Crippen molar-refractivity contribution < 1.29 is 4.79 Å². The van der Waals surface area contributed by atoms with Crippen LogP contribution in [0, 0.1) is 29.6 Å². The van der Waals surface area contributed by atoms with Crippen LogP contribution in [-0.2, 0) is 11.2 Å². The molecule has 1 amide bonds. The third kappa shape index (κ3) is 2.27. The average molecular weight is 284 g/mol. The SMILES string of the molecule is CCc1ccncc1NC(=O)C1C2CC3CC(C2)CC1C3. The van der Waals surface area contributed by atoms with Gasteiger partial charge in [0.2, 0.25) is 5.91 Å². The highest BCUT2D eigenvalue weighted by Gasteiger charge is 2.50. The Hall–Kier alpha value is -1.38. The molecule has 4 aliphatic rings. The molecule has 0 atom stereocenters. The van der Waals surface area contributed by atoms with Gasteiger partial charge < -0.3 is 5.32 Å². The molecular weight excluding hydrogens is 260 g/mol. The van der Waals surface area contributed by atoms with E-state index in [1.54, 1.807) is 12.4 Å². The summed E-state index contributed by atoms with van der Waals surface area (Å²) in [6.07, 6.45) is 11.1. The number of pyridine rings is 1.